The molecule has 8 heteroatoms. The molecule has 1 atom stereocenters. The predicted molar refractivity (Wildman–Crippen MR) is 197 cm³/mol. The molecule has 0 amide bonds. The maximum absolute atomic E-state index is 5.82. The minimum absolute atomic E-state index is 0.109. The van der Waals surface area contributed by atoms with E-state index in [0.717, 1.165) is 82.3 Å². The summed E-state index contributed by atoms with van der Waals surface area (Å²) in [6.07, 6.45) is 8.85. The third kappa shape index (κ3) is 8.54. The molecule has 2 aromatic heterocycles. The second kappa shape index (κ2) is 16.3. The van der Waals surface area contributed by atoms with Crippen molar-refractivity contribution >= 4 is 28.3 Å². The Morgan fingerprint density at radius 3 is 2.24 bits per heavy atom. The van der Waals surface area contributed by atoms with Crippen molar-refractivity contribution in [2.45, 2.75) is 45.6 Å². The summed E-state index contributed by atoms with van der Waals surface area (Å²) in [6, 6.07) is 36.2. The number of hydroxylamine groups is 1. The van der Waals surface area contributed by atoms with E-state index < -0.39 is 0 Å². The van der Waals surface area contributed by atoms with Gasteiger partial charge in [-0.3, -0.25) is 4.98 Å². The smallest absolute Gasteiger partial charge is 0.226 e. The second-order valence-corrected chi connectivity index (χ2v) is 11.3. The van der Waals surface area contributed by atoms with Crippen LogP contribution in [-0.2, 0) is 17.7 Å². The zero-order chi connectivity index (χ0) is 33.8. The van der Waals surface area contributed by atoms with Crippen LogP contribution < -0.4 is 10.8 Å². The number of benzene rings is 4. The zero-order valence-corrected chi connectivity index (χ0v) is 27.8. The van der Waals surface area contributed by atoms with Gasteiger partial charge in [0.15, 0.2) is 0 Å². The van der Waals surface area contributed by atoms with Crippen molar-refractivity contribution in [3.8, 4) is 11.5 Å². The van der Waals surface area contributed by atoms with Crippen molar-refractivity contribution in [1.82, 2.24) is 25.7 Å². The summed E-state index contributed by atoms with van der Waals surface area (Å²) in [5, 5.41) is 3.29. The van der Waals surface area contributed by atoms with Crippen LogP contribution in [0.15, 0.2) is 149 Å². The van der Waals surface area contributed by atoms with Gasteiger partial charge in [-0.2, -0.15) is 0 Å². The Morgan fingerprint density at radius 2 is 1.43 bits per heavy atom. The normalized spacial score (nSPS) is 14.6. The van der Waals surface area contributed by atoms with Gasteiger partial charge in [-0.1, -0.05) is 99.3 Å². The summed E-state index contributed by atoms with van der Waals surface area (Å²) in [4.78, 5) is 23.7. The van der Waals surface area contributed by atoms with Gasteiger partial charge in [0.05, 0.1) is 34.7 Å². The van der Waals surface area contributed by atoms with E-state index in [9.17, 15) is 0 Å². The first-order valence-electron chi connectivity index (χ1n) is 16.7. The molecule has 4 heterocycles. The molecule has 246 valence electrons. The van der Waals surface area contributed by atoms with E-state index in [-0.39, 0.29) is 6.04 Å². The highest BCUT2D eigenvalue weighted by Crippen LogP contribution is 2.29. The van der Waals surface area contributed by atoms with Gasteiger partial charge in [-0.25, -0.2) is 15.0 Å². The van der Waals surface area contributed by atoms with E-state index in [1.807, 2.05) is 117 Å². The van der Waals surface area contributed by atoms with Gasteiger partial charge in [-0.15, -0.1) is 5.48 Å². The molecule has 0 spiro atoms. The average Bonchev–Trinajstić information content (AvgIpc) is 3.86. The molecule has 6 aromatic rings. The summed E-state index contributed by atoms with van der Waals surface area (Å²) in [6.45, 7) is 8.09. The number of hydrogen-bond donors (Lipinski definition) is 2. The number of allylic oxidation sites excluding steroid dienone is 1. The van der Waals surface area contributed by atoms with Crippen molar-refractivity contribution < 1.29 is 9.25 Å². The number of aromatic nitrogens is 3. The lowest BCUT2D eigenvalue weighted by atomic mass is 10.1. The van der Waals surface area contributed by atoms with E-state index in [0.29, 0.717) is 5.89 Å². The number of fused-ring (bicyclic) bond motifs is 2. The maximum Gasteiger partial charge on any atom is 0.226 e. The molecule has 2 N–H and O–H groups in total. The van der Waals surface area contributed by atoms with E-state index in [4.69, 9.17) is 9.25 Å². The zero-order valence-electron chi connectivity index (χ0n) is 27.8. The molecular weight excluding hydrogens is 608 g/mol. The first-order chi connectivity index (χ1) is 24.2. The van der Waals surface area contributed by atoms with Crippen LogP contribution in [0.1, 0.15) is 55.3 Å². The highest BCUT2D eigenvalue weighted by molar-refractivity contribution is 5.97. The van der Waals surface area contributed by atoms with Crippen LogP contribution in [-0.4, -0.2) is 20.8 Å². The molecule has 0 bridgehead atoms. The second-order valence-electron chi connectivity index (χ2n) is 11.3. The largest absolute Gasteiger partial charge is 0.441 e. The quantitative estimate of drug-likeness (QED) is 0.170. The SMILES string of the molecule is C=C1NC(CCC2=CC(c3ccccc3)NO2)=Nc2ccccc21.CC.c1ccc(-c2ncc(CCc3cnc4ccccc4n3)o2)cc1. The maximum atomic E-state index is 5.82. The summed E-state index contributed by atoms with van der Waals surface area (Å²) in [5.41, 5.74) is 11.0. The minimum atomic E-state index is 0.109. The first kappa shape index (κ1) is 33.1. The number of para-hydroxylation sites is 3. The van der Waals surface area contributed by atoms with Crippen molar-refractivity contribution in [1.29, 1.82) is 0 Å². The van der Waals surface area contributed by atoms with Gasteiger partial charge in [0, 0.05) is 42.3 Å². The van der Waals surface area contributed by atoms with Crippen LogP contribution in [0.25, 0.3) is 28.2 Å². The average molecular weight is 649 g/mol. The Kier molecular flexibility index (Phi) is 11.0. The summed E-state index contributed by atoms with van der Waals surface area (Å²) in [7, 11) is 0. The molecular formula is C41H40N6O2. The van der Waals surface area contributed by atoms with Crippen LogP contribution in [0.4, 0.5) is 5.69 Å². The van der Waals surface area contributed by atoms with Gasteiger partial charge in [0.1, 0.15) is 17.4 Å². The number of nitrogens with zero attached hydrogens (tertiary/aromatic N) is 4. The van der Waals surface area contributed by atoms with Crippen molar-refractivity contribution in [2.75, 3.05) is 0 Å². The Balaban J connectivity index is 0.000000162. The molecule has 2 aliphatic rings. The van der Waals surface area contributed by atoms with Crippen LogP contribution >= 0.6 is 0 Å². The molecule has 0 fully saturated rings. The van der Waals surface area contributed by atoms with E-state index in [1.165, 1.54) is 5.56 Å². The molecule has 0 saturated carbocycles. The standard InChI is InChI=1S/C20H19N3O.C19H15N3O.C2H6/c1-14-17-9-5-6-10-18(17)22-20(21-14)12-11-16-13-19(23-24-16)15-7-3-2-4-8-15;1-2-6-14(7-3-1)19-21-13-16(23-19)11-10-15-12-20-17-8-4-5-9-18(17)22-15;1-2/h2-10,13,19,23H,1,11-12H2,(H,21,22);1-9,12-13H,10-11H2;1-2H3. The molecule has 8 nitrogen and oxygen atoms in total. The van der Waals surface area contributed by atoms with Crippen LogP contribution in [0.2, 0.25) is 0 Å². The Bertz CT molecular complexity index is 2050. The molecule has 0 radical (unpaired) electrons. The lowest BCUT2D eigenvalue weighted by Gasteiger charge is -2.19. The van der Waals surface area contributed by atoms with Gasteiger partial charge >= 0.3 is 0 Å². The highest BCUT2D eigenvalue weighted by atomic mass is 16.7. The molecule has 0 saturated heterocycles. The predicted octanol–water partition coefficient (Wildman–Crippen LogP) is 9.33. The topological polar surface area (TPSA) is 97.5 Å². The number of aryl methyl sites for hydroxylation is 2. The monoisotopic (exact) mass is 648 g/mol. The van der Waals surface area contributed by atoms with Crippen LogP contribution in [0.3, 0.4) is 0 Å². The Labute approximate surface area is 287 Å². The number of hydrogen-bond acceptors (Lipinski definition) is 8. The Morgan fingerprint density at radius 1 is 0.714 bits per heavy atom. The van der Waals surface area contributed by atoms with E-state index in [2.05, 4.69) is 55.5 Å². The fourth-order valence-electron chi connectivity index (χ4n) is 5.46. The van der Waals surface area contributed by atoms with Crippen molar-refractivity contribution in [2.24, 2.45) is 4.99 Å². The lowest BCUT2D eigenvalue weighted by molar-refractivity contribution is 0.111. The molecule has 49 heavy (non-hydrogen) atoms. The summed E-state index contributed by atoms with van der Waals surface area (Å²) >= 11 is 0. The van der Waals surface area contributed by atoms with Crippen molar-refractivity contribution in [3.63, 3.8) is 0 Å². The molecule has 0 aliphatic carbocycles. The molecule has 1 unspecified atom stereocenters. The molecule has 4 aromatic carbocycles. The lowest BCUT2D eigenvalue weighted by Crippen LogP contribution is -2.24. The molecule has 2 aliphatic heterocycles. The van der Waals surface area contributed by atoms with Gasteiger partial charge in [0.25, 0.3) is 0 Å². The fraction of sp³-hybridized carbons (Fsp3) is 0.171. The number of aliphatic imine (C=N–C) groups is 1. The minimum Gasteiger partial charge on any atom is -0.441 e. The van der Waals surface area contributed by atoms with Gasteiger partial charge in [-0.05, 0) is 48.4 Å². The Hall–Kier alpha value is -5.86. The third-order valence-corrected chi connectivity index (χ3v) is 7.92. The van der Waals surface area contributed by atoms with Gasteiger partial charge in [0.2, 0.25) is 5.89 Å². The highest BCUT2D eigenvalue weighted by Gasteiger charge is 2.20. The third-order valence-electron chi connectivity index (χ3n) is 7.92. The van der Waals surface area contributed by atoms with E-state index >= 15 is 0 Å². The molecule has 8 rings (SSSR count). The number of oxazole rings is 1. The van der Waals surface area contributed by atoms with Crippen LogP contribution in [0.5, 0.6) is 0 Å². The van der Waals surface area contributed by atoms with Crippen molar-refractivity contribution in [3.05, 3.63) is 163 Å². The summed E-state index contributed by atoms with van der Waals surface area (Å²) in [5.74, 6) is 3.38. The fourth-order valence-corrected chi connectivity index (χ4v) is 5.46. The number of amidine groups is 1. The van der Waals surface area contributed by atoms with Crippen LogP contribution in [0, 0.1) is 0 Å². The summed E-state index contributed by atoms with van der Waals surface area (Å²) < 4.78 is 5.82. The van der Waals surface area contributed by atoms with E-state index in [1.54, 1.807) is 6.20 Å². The number of nitrogens with one attached hydrogen (secondary N) is 2. The number of rotatable bonds is 8. The van der Waals surface area contributed by atoms with Gasteiger partial charge < -0.3 is 14.6 Å². The first-order valence-corrected chi connectivity index (χ1v) is 16.7.